The van der Waals surface area contributed by atoms with Crippen LogP contribution < -0.4 is 29.6 Å². The molecule has 0 saturated heterocycles. The van der Waals surface area contributed by atoms with Crippen LogP contribution in [-0.4, -0.2) is 31.6 Å². The second kappa shape index (κ2) is 12.3. The maximum Gasteiger partial charge on any atom is 1.00 e. The molecule has 18 heavy (non-hydrogen) atoms. The van der Waals surface area contributed by atoms with Gasteiger partial charge in [-0.1, -0.05) is 27.7 Å². The number of aldehydes is 1. The fourth-order valence-electron chi connectivity index (χ4n) is 1.13. The summed E-state index contributed by atoms with van der Waals surface area (Å²) in [6.45, 7) is 9.24. The fourth-order valence-corrected chi connectivity index (χ4v) is 1.13. The van der Waals surface area contributed by atoms with Crippen molar-refractivity contribution in [2.45, 2.75) is 46.8 Å². The monoisotopic (exact) mass is 268 g/mol. The van der Waals surface area contributed by atoms with E-state index in [-0.39, 0.29) is 49.6 Å². The molecule has 0 atom stereocenters. The van der Waals surface area contributed by atoms with Crippen molar-refractivity contribution >= 4 is 12.1 Å². The van der Waals surface area contributed by atoms with Crippen molar-refractivity contribution in [1.29, 1.82) is 0 Å². The van der Waals surface area contributed by atoms with E-state index >= 15 is 0 Å². The molecule has 0 aliphatic rings. The van der Waals surface area contributed by atoms with Gasteiger partial charge in [-0.15, -0.1) is 0 Å². The van der Waals surface area contributed by atoms with Crippen LogP contribution in [0.15, 0.2) is 0 Å². The molecule has 0 aromatic rings. The Hall–Kier alpha value is 0.260. The Morgan fingerprint density at radius 3 is 1.89 bits per heavy atom. The van der Waals surface area contributed by atoms with E-state index in [1.807, 2.05) is 27.7 Å². The number of ketones is 1. The molecule has 0 aromatic heterocycles. The minimum Gasteiger partial charge on any atom is -1.00 e. The van der Waals surface area contributed by atoms with Crippen LogP contribution in [0.5, 0.6) is 0 Å². The molecule has 0 amide bonds. The van der Waals surface area contributed by atoms with E-state index in [9.17, 15) is 9.59 Å². The van der Waals surface area contributed by atoms with Crippen LogP contribution in [-0.2, 0) is 19.1 Å². The third kappa shape index (κ3) is 12.7. The molecule has 0 bridgehead atoms. The summed E-state index contributed by atoms with van der Waals surface area (Å²) < 4.78 is 11.0. The van der Waals surface area contributed by atoms with E-state index in [0.29, 0.717) is 31.3 Å². The fraction of sp³-hybridized carbons (Fsp3) is 0.846. The topological polar surface area (TPSA) is 52.6 Å². The zero-order chi connectivity index (χ0) is 13.3. The first-order chi connectivity index (χ1) is 7.95. The van der Waals surface area contributed by atoms with Gasteiger partial charge in [-0.05, 0) is 11.8 Å². The molecule has 0 radical (unpaired) electrons. The van der Waals surface area contributed by atoms with Crippen LogP contribution >= 0.6 is 0 Å². The zero-order valence-corrected chi connectivity index (χ0v) is 14.3. The van der Waals surface area contributed by atoms with Crippen LogP contribution in [0, 0.1) is 11.8 Å². The van der Waals surface area contributed by atoms with Gasteiger partial charge in [-0.3, -0.25) is 4.79 Å². The van der Waals surface area contributed by atoms with Crippen LogP contribution in [0.2, 0.25) is 0 Å². The summed E-state index contributed by atoms with van der Waals surface area (Å²) in [5, 5.41) is 0. The molecule has 0 aromatic carbocycles. The average molecular weight is 268 g/mol. The van der Waals surface area contributed by atoms with E-state index in [4.69, 9.17) is 9.47 Å². The van der Waals surface area contributed by atoms with Gasteiger partial charge in [-0.25, -0.2) is 0 Å². The van der Waals surface area contributed by atoms with Gasteiger partial charge in [-0.2, -0.15) is 0 Å². The Balaban J connectivity index is -0.00000128. The minimum absolute atomic E-state index is 0. The largest absolute Gasteiger partial charge is 1.00 e. The summed E-state index contributed by atoms with van der Waals surface area (Å²) in [4.78, 5) is 21.6. The Kier molecular flexibility index (Phi) is 14.1. The molecule has 4 nitrogen and oxygen atoms in total. The summed E-state index contributed by atoms with van der Waals surface area (Å²) in [5.74, 6) is 0.639. The van der Waals surface area contributed by atoms with Crippen molar-refractivity contribution < 1.29 is 50.0 Å². The first-order valence-corrected chi connectivity index (χ1v) is 6.14. The van der Waals surface area contributed by atoms with E-state index in [1.54, 1.807) is 0 Å². The number of carbonyl (C=O) groups excluding carboxylic acids is 2. The molecule has 0 aliphatic carbocycles. The number of hydrogen-bond acceptors (Lipinski definition) is 4. The van der Waals surface area contributed by atoms with Crippen molar-refractivity contribution in [2.75, 3.05) is 13.2 Å². The number of hydrogen-bond donors (Lipinski definition) is 0. The maximum absolute atomic E-state index is 11.4. The van der Waals surface area contributed by atoms with Crippen LogP contribution in [0.3, 0.4) is 0 Å². The Morgan fingerprint density at radius 2 is 1.56 bits per heavy atom. The van der Waals surface area contributed by atoms with Crippen molar-refractivity contribution in [3.63, 3.8) is 0 Å². The van der Waals surface area contributed by atoms with Gasteiger partial charge in [0.2, 0.25) is 0 Å². The maximum atomic E-state index is 11.4. The third-order valence-electron chi connectivity index (χ3n) is 1.94. The van der Waals surface area contributed by atoms with E-state index in [1.165, 1.54) is 0 Å². The molecular weight excluding hydrogens is 243 g/mol. The molecule has 102 valence electrons. The summed E-state index contributed by atoms with van der Waals surface area (Å²) >= 11 is 0. The molecule has 0 rings (SSSR count). The summed E-state index contributed by atoms with van der Waals surface area (Å²) in [5.41, 5.74) is 0. The van der Waals surface area contributed by atoms with Crippen LogP contribution in [0.4, 0.5) is 0 Å². The normalized spacial score (nSPS) is 10.8. The van der Waals surface area contributed by atoms with E-state index in [0.717, 1.165) is 0 Å². The van der Waals surface area contributed by atoms with Crippen molar-refractivity contribution in [2.24, 2.45) is 11.8 Å². The second-order valence-electron chi connectivity index (χ2n) is 5.00. The third-order valence-corrected chi connectivity index (χ3v) is 1.94. The van der Waals surface area contributed by atoms with Gasteiger partial charge in [0, 0.05) is 0 Å². The molecule has 5 heteroatoms. The van der Waals surface area contributed by atoms with E-state index in [2.05, 4.69) is 0 Å². The molecule has 0 saturated carbocycles. The van der Waals surface area contributed by atoms with Gasteiger partial charge < -0.3 is 15.7 Å². The molecule has 0 fully saturated rings. The van der Waals surface area contributed by atoms with Gasteiger partial charge in [0.15, 0.2) is 6.29 Å². The predicted octanol–water partition coefficient (Wildman–Crippen LogP) is -0.678. The van der Waals surface area contributed by atoms with Gasteiger partial charge in [0.05, 0.1) is 26.1 Å². The quantitative estimate of drug-likeness (QED) is 0.228. The first kappa shape index (κ1) is 20.6. The number of ether oxygens (including phenoxy) is 2. The summed E-state index contributed by atoms with van der Waals surface area (Å²) in [7, 11) is 0. The second-order valence-corrected chi connectivity index (χ2v) is 5.00. The minimum atomic E-state index is -0.521. The van der Waals surface area contributed by atoms with Gasteiger partial charge >= 0.3 is 29.6 Å². The smallest absolute Gasteiger partial charge is 1.00 e. The van der Waals surface area contributed by atoms with E-state index < -0.39 is 6.29 Å². The molecule has 0 N–H and O–H groups in total. The van der Waals surface area contributed by atoms with Crippen molar-refractivity contribution in [3.05, 3.63) is 0 Å². The number of Topliss-reactive ketones (excluding diaryl/α,β-unsaturated/α-hetero) is 1. The van der Waals surface area contributed by atoms with Gasteiger partial charge in [0.25, 0.3) is 0 Å². The number of rotatable bonds is 10. The summed E-state index contributed by atoms with van der Waals surface area (Å²) in [6, 6.07) is 0. The standard InChI is InChI=1S/C13H24O4.Na.H/c1-10(2)8-16-13(17-9-11(3)4)7-12(15)5-6-14;;/h6,10-11,13H,5,7-9H2,1-4H3;;/q;+1;-1. The molecule has 0 heterocycles. The SMILES string of the molecule is CC(C)COC(CC(=O)CC=O)OCC(C)C.[H-].[Na+]. The molecule has 0 spiro atoms. The Bertz CT molecular complexity index is 223. The predicted molar refractivity (Wildman–Crippen MR) is 66.8 cm³/mol. The Morgan fingerprint density at radius 1 is 1.11 bits per heavy atom. The van der Waals surface area contributed by atoms with Crippen LogP contribution in [0.1, 0.15) is 42.0 Å². The zero-order valence-electron chi connectivity index (χ0n) is 13.3. The Labute approximate surface area is 134 Å². The first-order valence-electron chi connectivity index (χ1n) is 6.14. The van der Waals surface area contributed by atoms with Gasteiger partial charge in [0.1, 0.15) is 12.1 Å². The van der Waals surface area contributed by atoms with Crippen LogP contribution in [0.25, 0.3) is 0 Å². The number of carbonyl (C=O) groups is 2. The van der Waals surface area contributed by atoms with Crippen molar-refractivity contribution in [1.82, 2.24) is 0 Å². The molecule has 0 aliphatic heterocycles. The molecular formula is C13H25NaO4. The summed E-state index contributed by atoms with van der Waals surface area (Å²) in [6.07, 6.45) is 0.182. The molecule has 0 unspecified atom stereocenters. The van der Waals surface area contributed by atoms with Crippen molar-refractivity contribution in [3.8, 4) is 0 Å². The average Bonchev–Trinajstić information content (AvgIpc) is 2.22.